The van der Waals surface area contributed by atoms with Gasteiger partial charge in [-0.1, -0.05) is 0 Å². The van der Waals surface area contributed by atoms with Gasteiger partial charge in [0.1, 0.15) is 5.78 Å². The smallest absolute Gasteiger partial charge is 0.144 e. The van der Waals surface area contributed by atoms with E-state index in [2.05, 4.69) is 14.1 Å². The fourth-order valence-corrected chi connectivity index (χ4v) is 2.84. The van der Waals surface area contributed by atoms with Crippen LogP contribution in [0.4, 0.5) is 0 Å². The summed E-state index contributed by atoms with van der Waals surface area (Å²) in [7, 11) is 4.59. The topological polar surface area (TPSA) is 17.1 Å². The van der Waals surface area contributed by atoms with E-state index in [0.717, 1.165) is 17.3 Å². The largest absolute Gasteiger partial charge is 1.00 e. The van der Waals surface area contributed by atoms with E-state index < -0.39 is 0 Å². The van der Waals surface area contributed by atoms with Gasteiger partial charge in [-0.2, -0.15) is 0 Å². The molecule has 0 aromatic rings. The van der Waals surface area contributed by atoms with Gasteiger partial charge in [-0.3, -0.25) is 4.79 Å². The Morgan fingerprint density at radius 1 is 1.15 bits per heavy atom. The third kappa shape index (κ3) is 1.91. The standard InChI is InChI=1S/C10H18NO.HI/c1-11(2)8-4-3-5-9(11)7-10(12)6-8;/h8-9H,3-7H2,1-2H3;1H/q+1;/p-1. The normalized spacial score (nSPS) is 36.6. The second-order valence-electron chi connectivity index (χ2n) is 4.81. The van der Waals surface area contributed by atoms with E-state index in [-0.39, 0.29) is 24.0 Å². The minimum absolute atomic E-state index is 0. The zero-order valence-corrected chi connectivity index (χ0v) is 10.6. The summed E-state index contributed by atoms with van der Waals surface area (Å²) in [5, 5.41) is 0. The van der Waals surface area contributed by atoms with E-state index in [9.17, 15) is 4.79 Å². The van der Waals surface area contributed by atoms with Crippen LogP contribution in [0.2, 0.25) is 0 Å². The highest BCUT2D eigenvalue weighted by molar-refractivity contribution is 5.80. The first kappa shape index (κ1) is 11.4. The zero-order valence-electron chi connectivity index (χ0n) is 8.42. The summed E-state index contributed by atoms with van der Waals surface area (Å²) in [4.78, 5) is 11.4. The maximum atomic E-state index is 11.4. The molecule has 2 rings (SSSR count). The van der Waals surface area contributed by atoms with Crippen molar-refractivity contribution in [2.24, 2.45) is 0 Å². The molecular weight excluding hydrogens is 277 g/mol. The molecule has 2 saturated heterocycles. The molecule has 2 atom stereocenters. The molecule has 0 N–H and O–H groups in total. The van der Waals surface area contributed by atoms with Gasteiger partial charge in [-0.15, -0.1) is 0 Å². The third-order valence-electron chi connectivity index (χ3n) is 3.88. The van der Waals surface area contributed by atoms with Gasteiger partial charge >= 0.3 is 0 Å². The number of hydrogen-bond acceptors (Lipinski definition) is 1. The fourth-order valence-electron chi connectivity index (χ4n) is 2.84. The Bertz CT molecular complexity index is 197. The summed E-state index contributed by atoms with van der Waals surface area (Å²) >= 11 is 0. The number of piperidine rings is 2. The van der Waals surface area contributed by atoms with Crippen LogP contribution in [0.3, 0.4) is 0 Å². The van der Waals surface area contributed by atoms with Crippen LogP contribution in [-0.4, -0.2) is 36.4 Å². The molecule has 13 heavy (non-hydrogen) atoms. The summed E-state index contributed by atoms with van der Waals surface area (Å²) in [6.45, 7) is 0. The number of rotatable bonds is 0. The Labute approximate surface area is 97.3 Å². The monoisotopic (exact) mass is 295 g/mol. The first-order valence-electron chi connectivity index (χ1n) is 4.96. The van der Waals surface area contributed by atoms with Crippen LogP contribution in [0.25, 0.3) is 0 Å². The van der Waals surface area contributed by atoms with Crippen molar-refractivity contribution < 1.29 is 33.3 Å². The molecule has 76 valence electrons. The highest BCUT2D eigenvalue weighted by Crippen LogP contribution is 2.35. The second-order valence-corrected chi connectivity index (χ2v) is 4.81. The van der Waals surface area contributed by atoms with Crippen LogP contribution < -0.4 is 24.0 Å². The van der Waals surface area contributed by atoms with Crippen molar-refractivity contribution >= 4 is 5.78 Å². The molecule has 2 nitrogen and oxygen atoms in total. The summed E-state index contributed by atoms with van der Waals surface area (Å²) < 4.78 is 1.10. The van der Waals surface area contributed by atoms with Crippen molar-refractivity contribution in [3.8, 4) is 0 Å². The Hall–Kier alpha value is 0.360. The minimum Gasteiger partial charge on any atom is -1.00 e. The molecule has 2 aliphatic heterocycles. The van der Waals surface area contributed by atoms with E-state index in [1.807, 2.05) is 0 Å². The number of carbonyl (C=O) groups is 1. The van der Waals surface area contributed by atoms with Crippen LogP contribution in [0, 0.1) is 0 Å². The lowest BCUT2D eigenvalue weighted by molar-refractivity contribution is -0.945. The summed E-state index contributed by atoms with van der Waals surface area (Å²) in [6, 6.07) is 1.26. The maximum absolute atomic E-state index is 11.4. The Morgan fingerprint density at radius 2 is 1.62 bits per heavy atom. The molecular formula is C10H18INO. The van der Waals surface area contributed by atoms with Crippen LogP contribution in [-0.2, 0) is 4.79 Å². The number of halogens is 1. The van der Waals surface area contributed by atoms with Gasteiger partial charge in [0.2, 0.25) is 0 Å². The van der Waals surface area contributed by atoms with Gasteiger partial charge in [0.15, 0.2) is 0 Å². The van der Waals surface area contributed by atoms with E-state index in [1.165, 1.54) is 19.3 Å². The lowest BCUT2D eigenvalue weighted by atomic mass is 9.82. The van der Waals surface area contributed by atoms with E-state index >= 15 is 0 Å². The summed E-state index contributed by atoms with van der Waals surface area (Å²) in [5.74, 6) is 0.502. The molecule has 0 aliphatic carbocycles. The van der Waals surface area contributed by atoms with Crippen molar-refractivity contribution in [3.63, 3.8) is 0 Å². The van der Waals surface area contributed by atoms with Crippen molar-refractivity contribution in [3.05, 3.63) is 0 Å². The molecule has 2 fully saturated rings. The number of Topliss-reactive ketones (excluding diaryl/α,β-unsaturated/α-hetero) is 1. The quantitative estimate of drug-likeness (QED) is 0.387. The van der Waals surface area contributed by atoms with Gasteiger partial charge in [-0.05, 0) is 6.42 Å². The molecule has 2 heterocycles. The van der Waals surface area contributed by atoms with Crippen molar-refractivity contribution in [2.75, 3.05) is 14.1 Å². The fraction of sp³-hybridized carbons (Fsp3) is 0.900. The highest BCUT2D eigenvalue weighted by Gasteiger charge is 2.45. The third-order valence-corrected chi connectivity index (χ3v) is 3.88. The van der Waals surface area contributed by atoms with Crippen LogP contribution in [0.15, 0.2) is 0 Å². The molecule has 2 aliphatic rings. The molecule has 0 radical (unpaired) electrons. The molecule has 0 spiro atoms. The van der Waals surface area contributed by atoms with Crippen LogP contribution in [0.1, 0.15) is 32.1 Å². The molecule has 0 aromatic carbocycles. The van der Waals surface area contributed by atoms with Crippen molar-refractivity contribution in [2.45, 2.75) is 44.2 Å². The number of hydrogen-bond donors (Lipinski definition) is 0. The Morgan fingerprint density at radius 3 is 2.08 bits per heavy atom. The van der Waals surface area contributed by atoms with Gasteiger partial charge in [-0.25, -0.2) is 0 Å². The number of fused-ring (bicyclic) bond motifs is 2. The van der Waals surface area contributed by atoms with Gasteiger partial charge in [0, 0.05) is 12.8 Å². The number of nitrogens with zero attached hydrogens (tertiary/aromatic N) is 1. The Balaban J connectivity index is 0.000000845. The first-order chi connectivity index (χ1) is 5.60. The van der Waals surface area contributed by atoms with E-state index in [4.69, 9.17) is 0 Å². The van der Waals surface area contributed by atoms with Crippen molar-refractivity contribution in [1.82, 2.24) is 0 Å². The lowest BCUT2D eigenvalue weighted by Gasteiger charge is -2.50. The lowest BCUT2D eigenvalue weighted by Crippen LogP contribution is -3.00. The predicted molar refractivity (Wildman–Crippen MR) is 47.8 cm³/mol. The van der Waals surface area contributed by atoms with Gasteiger partial charge in [0.05, 0.1) is 39.0 Å². The SMILES string of the molecule is C[N+]1(C)C2CCCC1CC(=O)C2.[I-]. The molecule has 2 bridgehead atoms. The zero-order chi connectivity index (χ0) is 8.77. The predicted octanol–water partition coefficient (Wildman–Crippen LogP) is -1.65. The maximum Gasteiger partial charge on any atom is 0.144 e. The average molecular weight is 295 g/mol. The molecule has 0 amide bonds. The Kier molecular flexibility index (Phi) is 3.38. The average Bonchev–Trinajstić information content (AvgIpc) is 1.92. The second kappa shape index (κ2) is 3.85. The van der Waals surface area contributed by atoms with Gasteiger partial charge < -0.3 is 28.5 Å². The number of carbonyl (C=O) groups excluding carboxylic acids is 1. The summed E-state index contributed by atoms with van der Waals surface area (Å²) in [6.07, 6.45) is 5.53. The minimum atomic E-state index is 0. The molecule has 0 saturated carbocycles. The van der Waals surface area contributed by atoms with E-state index in [0.29, 0.717) is 17.9 Å². The molecule has 3 heteroatoms. The molecule has 0 aromatic heterocycles. The number of quaternary nitrogens is 1. The van der Waals surface area contributed by atoms with E-state index in [1.54, 1.807) is 0 Å². The summed E-state index contributed by atoms with van der Waals surface area (Å²) in [5.41, 5.74) is 0. The van der Waals surface area contributed by atoms with Gasteiger partial charge in [0.25, 0.3) is 0 Å². The number of ketones is 1. The first-order valence-corrected chi connectivity index (χ1v) is 4.96. The van der Waals surface area contributed by atoms with Crippen molar-refractivity contribution in [1.29, 1.82) is 0 Å². The van der Waals surface area contributed by atoms with Crippen LogP contribution in [0.5, 0.6) is 0 Å². The highest BCUT2D eigenvalue weighted by atomic mass is 127. The molecule has 2 unspecified atom stereocenters. The van der Waals surface area contributed by atoms with Crippen LogP contribution >= 0.6 is 0 Å².